The van der Waals surface area contributed by atoms with Crippen LogP contribution in [-0.4, -0.2) is 16.7 Å². The van der Waals surface area contributed by atoms with Crippen molar-refractivity contribution in [2.24, 2.45) is 5.73 Å². The van der Waals surface area contributed by atoms with Crippen molar-refractivity contribution in [2.75, 3.05) is 6.54 Å². The van der Waals surface area contributed by atoms with Crippen LogP contribution in [-0.2, 0) is 5.41 Å². The van der Waals surface area contributed by atoms with E-state index in [0.29, 0.717) is 18.4 Å². The molecule has 0 saturated heterocycles. The highest BCUT2D eigenvalue weighted by atomic mass is 16.5. The Morgan fingerprint density at radius 2 is 2.23 bits per heavy atom. The van der Waals surface area contributed by atoms with Gasteiger partial charge in [-0.2, -0.15) is 4.98 Å². The molecule has 1 aromatic heterocycles. The quantitative estimate of drug-likeness (QED) is 0.760. The van der Waals surface area contributed by atoms with Gasteiger partial charge in [0.05, 0.1) is 5.41 Å². The molecular weight excluding hydrogens is 166 g/mol. The average Bonchev–Trinajstić information content (AvgIpc) is 2.83. The lowest BCUT2D eigenvalue weighted by atomic mass is 9.94. The predicted molar refractivity (Wildman–Crippen MR) is 48.4 cm³/mol. The fourth-order valence-corrected chi connectivity index (χ4v) is 1.10. The largest absolute Gasteiger partial charge is 0.339 e. The minimum atomic E-state index is -0.194. The molecule has 2 N–H and O–H groups in total. The Bertz CT molecular complexity index is 302. The molecule has 1 heterocycles. The predicted octanol–water partition coefficient (Wildman–Crippen LogP) is 1.18. The normalized spacial score (nSPS) is 17.8. The number of nitrogens with zero attached hydrogens (tertiary/aromatic N) is 2. The monoisotopic (exact) mass is 181 g/mol. The van der Waals surface area contributed by atoms with E-state index in [1.807, 2.05) is 13.8 Å². The Balaban J connectivity index is 2.20. The molecule has 1 aromatic rings. The molecule has 0 aliphatic heterocycles. The highest BCUT2D eigenvalue weighted by molar-refractivity contribution is 5.08. The molecular formula is C9H15N3O. The van der Waals surface area contributed by atoms with Crippen molar-refractivity contribution in [3.63, 3.8) is 0 Å². The SMILES string of the molecule is CC(C)(CN)c1nc(C2CC2)no1. The Morgan fingerprint density at radius 1 is 1.54 bits per heavy atom. The molecule has 1 fully saturated rings. The summed E-state index contributed by atoms with van der Waals surface area (Å²) >= 11 is 0. The summed E-state index contributed by atoms with van der Waals surface area (Å²) in [5, 5.41) is 3.95. The van der Waals surface area contributed by atoms with E-state index in [0.717, 1.165) is 5.82 Å². The van der Waals surface area contributed by atoms with Crippen molar-refractivity contribution < 1.29 is 4.52 Å². The van der Waals surface area contributed by atoms with Crippen LogP contribution >= 0.6 is 0 Å². The number of nitrogens with two attached hydrogens (primary N) is 1. The first-order chi connectivity index (χ1) is 6.13. The Labute approximate surface area is 77.5 Å². The molecule has 0 amide bonds. The van der Waals surface area contributed by atoms with Crippen molar-refractivity contribution >= 4 is 0 Å². The summed E-state index contributed by atoms with van der Waals surface area (Å²) in [6.07, 6.45) is 2.39. The maximum absolute atomic E-state index is 5.61. The highest BCUT2D eigenvalue weighted by Crippen LogP contribution is 2.38. The molecule has 0 atom stereocenters. The topological polar surface area (TPSA) is 64.9 Å². The van der Waals surface area contributed by atoms with Gasteiger partial charge in [0.2, 0.25) is 5.89 Å². The van der Waals surface area contributed by atoms with Crippen LogP contribution in [0.4, 0.5) is 0 Å². The molecule has 1 saturated carbocycles. The first-order valence-electron chi connectivity index (χ1n) is 4.67. The molecule has 4 nitrogen and oxygen atoms in total. The molecule has 0 bridgehead atoms. The number of rotatable bonds is 3. The summed E-state index contributed by atoms with van der Waals surface area (Å²) in [5.41, 5.74) is 5.42. The van der Waals surface area contributed by atoms with Gasteiger partial charge < -0.3 is 10.3 Å². The van der Waals surface area contributed by atoms with Crippen LogP contribution in [0.3, 0.4) is 0 Å². The van der Waals surface area contributed by atoms with E-state index >= 15 is 0 Å². The zero-order valence-corrected chi connectivity index (χ0v) is 8.08. The van der Waals surface area contributed by atoms with Crippen molar-refractivity contribution in [3.8, 4) is 0 Å². The maximum atomic E-state index is 5.61. The van der Waals surface area contributed by atoms with Gasteiger partial charge in [-0.05, 0) is 26.7 Å². The van der Waals surface area contributed by atoms with Gasteiger partial charge in [0.1, 0.15) is 0 Å². The van der Waals surface area contributed by atoms with E-state index in [4.69, 9.17) is 10.3 Å². The highest BCUT2D eigenvalue weighted by Gasteiger charge is 2.32. The van der Waals surface area contributed by atoms with Crippen molar-refractivity contribution in [2.45, 2.75) is 38.0 Å². The standard InChI is InChI=1S/C9H15N3O/c1-9(2,5-10)8-11-7(12-13-8)6-3-4-6/h6H,3-5,10H2,1-2H3. The van der Waals surface area contributed by atoms with Crippen LogP contribution < -0.4 is 5.73 Å². The molecule has 0 aromatic carbocycles. The van der Waals surface area contributed by atoms with E-state index in [-0.39, 0.29) is 5.41 Å². The third-order valence-corrected chi connectivity index (χ3v) is 2.47. The van der Waals surface area contributed by atoms with Crippen LogP contribution in [0.25, 0.3) is 0 Å². The fraction of sp³-hybridized carbons (Fsp3) is 0.778. The number of aromatic nitrogens is 2. The van der Waals surface area contributed by atoms with Crippen molar-refractivity contribution in [3.05, 3.63) is 11.7 Å². The van der Waals surface area contributed by atoms with Crippen molar-refractivity contribution in [1.82, 2.24) is 10.1 Å². The van der Waals surface area contributed by atoms with Gasteiger partial charge in [-0.1, -0.05) is 5.16 Å². The summed E-state index contributed by atoms with van der Waals surface area (Å²) in [6, 6.07) is 0. The maximum Gasteiger partial charge on any atom is 0.233 e. The Kier molecular flexibility index (Phi) is 1.87. The lowest BCUT2D eigenvalue weighted by Gasteiger charge is -2.15. The average molecular weight is 181 g/mol. The van der Waals surface area contributed by atoms with Crippen LogP contribution in [0.15, 0.2) is 4.52 Å². The molecule has 2 rings (SSSR count). The van der Waals surface area contributed by atoms with Gasteiger partial charge in [0.15, 0.2) is 5.82 Å². The van der Waals surface area contributed by atoms with Crippen LogP contribution in [0.1, 0.15) is 44.3 Å². The molecule has 1 aliphatic rings. The summed E-state index contributed by atoms with van der Waals surface area (Å²) in [4.78, 5) is 4.36. The van der Waals surface area contributed by atoms with Gasteiger partial charge in [0, 0.05) is 12.5 Å². The van der Waals surface area contributed by atoms with Gasteiger partial charge >= 0.3 is 0 Å². The van der Waals surface area contributed by atoms with Gasteiger partial charge in [-0.3, -0.25) is 0 Å². The van der Waals surface area contributed by atoms with Crippen LogP contribution in [0.5, 0.6) is 0 Å². The minimum Gasteiger partial charge on any atom is -0.339 e. The zero-order chi connectivity index (χ0) is 9.47. The zero-order valence-electron chi connectivity index (χ0n) is 8.08. The van der Waals surface area contributed by atoms with Crippen LogP contribution in [0.2, 0.25) is 0 Å². The molecule has 1 aliphatic carbocycles. The molecule has 0 unspecified atom stereocenters. The second-order valence-corrected chi connectivity index (χ2v) is 4.32. The van der Waals surface area contributed by atoms with E-state index in [9.17, 15) is 0 Å². The van der Waals surface area contributed by atoms with Gasteiger partial charge in [-0.25, -0.2) is 0 Å². The number of hydrogen-bond acceptors (Lipinski definition) is 4. The number of hydrogen-bond donors (Lipinski definition) is 1. The summed E-state index contributed by atoms with van der Waals surface area (Å²) in [5.74, 6) is 2.07. The third kappa shape index (κ3) is 1.58. The van der Waals surface area contributed by atoms with E-state index in [1.165, 1.54) is 12.8 Å². The van der Waals surface area contributed by atoms with E-state index < -0.39 is 0 Å². The third-order valence-electron chi connectivity index (χ3n) is 2.47. The summed E-state index contributed by atoms with van der Waals surface area (Å²) in [6.45, 7) is 4.55. The Hall–Kier alpha value is -0.900. The Morgan fingerprint density at radius 3 is 2.77 bits per heavy atom. The lowest BCUT2D eigenvalue weighted by molar-refractivity contribution is 0.309. The van der Waals surface area contributed by atoms with E-state index in [1.54, 1.807) is 0 Å². The smallest absolute Gasteiger partial charge is 0.233 e. The van der Waals surface area contributed by atoms with Crippen molar-refractivity contribution in [1.29, 1.82) is 0 Å². The van der Waals surface area contributed by atoms with E-state index in [2.05, 4.69) is 10.1 Å². The molecule has 4 heteroatoms. The van der Waals surface area contributed by atoms with Gasteiger partial charge in [-0.15, -0.1) is 0 Å². The first-order valence-corrected chi connectivity index (χ1v) is 4.67. The first kappa shape index (κ1) is 8.69. The second-order valence-electron chi connectivity index (χ2n) is 4.32. The summed E-state index contributed by atoms with van der Waals surface area (Å²) in [7, 11) is 0. The molecule has 13 heavy (non-hydrogen) atoms. The molecule has 0 radical (unpaired) electrons. The fourth-order valence-electron chi connectivity index (χ4n) is 1.10. The van der Waals surface area contributed by atoms with Gasteiger partial charge in [0.25, 0.3) is 0 Å². The van der Waals surface area contributed by atoms with Crippen LogP contribution in [0, 0.1) is 0 Å². The lowest BCUT2D eigenvalue weighted by Crippen LogP contribution is -2.28. The molecule has 72 valence electrons. The second kappa shape index (κ2) is 2.80. The summed E-state index contributed by atoms with van der Waals surface area (Å²) < 4.78 is 5.18. The molecule has 0 spiro atoms. The minimum absolute atomic E-state index is 0.194.